The Hall–Kier alpha value is -2.29. The minimum absolute atomic E-state index is 0.00313. The summed E-state index contributed by atoms with van der Waals surface area (Å²) < 4.78 is 47.6. The van der Waals surface area contributed by atoms with Crippen LogP contribution in [0.3, 0.4) is 0 Å². The quantitative estimate of drug-likeness (QED) is 0.668. The van der Waals surface area contributed by atoms with E-state index in [1.165, 1.54) is 5.56 Å². The molecule has 1 aliphatic heterocycles. The van der Waals surface area contributed by atoms with Crippen LogP contribution >= 0.6 is 0 Å². The average molecular weight is 388 g/mol. The molecule has 1 aromatic rings. The number of esters is 1. The number of rotatable bonds is 7. The van der Waals surface area contributed by atoms with E-state index in [1.54, 1.807) is 12.1 Å². The van der Waals surface area contributed by atoms with Crippen molar-refractivity contribution in [2.45, 2.75) is 19.5 Å². The summed E-state index contributed by atoms with van der Waals surface area (Å²) in [6.07, 6.45) is -3.92. The first kappa shape index (κ1) is 21.0. The average Bonchev–Trinajstić information content (AvgIpc) is 2.66. The molecule has 1 aliphatic rings. The lowest BCUT2D eigenvalue weighted by atomic mass is 10.2. The van der Waals surface area contributed by atoms with Gasteiger partial charge in [0.2, 0.25) is 0 Å². The van der Waals surface area contributed by atoms with Crippen molar-refractivity contribution in [1.82, 2.24) is 9.80 Å². The zero-order chi connectivity index (χ0) is 19.9. The number of nitrogens with zero attached hydrogens (tertiary/aromatic N) is 2. The predicted octanol–water partition coefficient (Wildman–Crippen LogP) is 1.88. The summed E-state index contributed by atoms with van der Waals surface area (Å²) in [4.78, 5) is 25.5. The van der Waals surface area contributed by atoms with Gasteiger partial charge < -0.3 is 14.4 Å². The number of alkyl halides is 3. The van der Waals surface area contributed by atoms with E-state index in [4.69, 9.17) is 9.47 Å². The molecule has 0 atom stereocenters. The monoisotopic (exact) mass is 388 g/mol. The topological polar surface area (TPSA) is 59.1 Å². The summed E-state index contributed by atoms with van der Waals surface area (Å²) in [5.74, 6) is -1.74. The highest BCUT2D eigenvalue weighted by Gasteiger charge is 2.43. The minimum atomic E-state index is -4.84. The largest absolute Gasteiger partial charge is 0.482 e. The van der Waals surface area contributed by atoms with Gasteiger partial charge in [-0.1, -0.05) is 19.1 Å². The van der Waals surface area contributed by atoms with E-state index in [0.717, 1.165) is 11.3 Å². The number of hydrogen-bond acceptors (Lipinski definition) is 5. The second-order valence-electron chi connectivity index (χ2n) is 6.14. The highest BCUT2D eigenvalue weighted by atomic mass is 19.4. The molecule has 0 unspecified atom stereocenters. The third-order valence-corrected chi connectivity index (χ3v) is 4.26. The van der Waals surface area contributed by atoms with E-state index in [9.17, 15) is 22.8 Å². The van der Waals surface area contributed by atoms with Gasteiger partial charge in [0.25, 0.3) is 0 Å². The molecule has 9 heteroatoms. The summed E-state index contributed by atoms with van der Waals surface area (Å²) in [5.41, 5.74) is 1.17. The summed E-state index contributed by atoms with van der Waals surface area (Å²) in [6.45, 7) is 2.96. The third-order valence-electron chi connectivity index (χ3n) is 4.26. The van der Waals surface area contributed by atoms with Gasteiger partial charge in [-0.25, -0.2) is 4.79 Å². The van der Waals surface area contributed by atoms with Gasteiger partial charge in [-0.05, 0) is 24.1 Å². The molecule has 6 nitrogen and oxygen atoms in total. The number of hydrogen-bond donors (Lipinski definition) is 0. The Morgan fingerprint density at radius 3 is 2.26 bits per heavy atom. The van der Waals surface area contributed by atoms with Crippen LogP contribution in [0.1, 0.15) is 12.5 Å². The van der Waals surface area contributed by atoms with E-state index in [-0.39, 0.29) is 26.3 Å². The second-order valence-corrected chi connectivity index (χ2v) is 6.14. The van der Waals surface area contributed by atoms with Gasteiger partial charge in [-0.15, -0.1) is 0 Å². The Balaban J connectivity index is 1.61. The van der Waals surface area contributed by atoms with Gasteiger partial charge in [-0.3, -0.25) is 9.69 Å². The maximum atomic E-state index is 12.4. The molecule has 2 rings (SSSR count). The number of halogens is 3. The van der Waals surface area contributed by atoms with Crippen LogP contribution in [0.4, 0.5) is 13.2 Å². The lowest BCUT2D eigenvalue weighted by Crippen LogP contribution is -2.52. The number of amides is 1. The number of piperazine rings is 1. The standard InChI is InChI=1S/C18H23F3N2O4/c1-2-14-3-5-15(6-4-14)27-13-16(24)26-12-11-22-7-9-23(10-8-22)17(25)18(19,20)21/h3-6H,2,7-13H2,1H3. The van der Waals surface area contributed by atoms with Crippen molar-refractivity contribution in [2.75, 3.05) is 45.9 Å². The SMILES string of the molecule is CCc1ccc(OCC(=O)OCCN2CCN(C(=O)C(F)(F)F)CC2)cc1. The summed E-state index contributed by atoms with van der Waals surface area (Å²) in [6, 6.07) is 7.41. The van der Waals surface area contributed by atoms with Crippen LogP contribution in [0, 0.1) is 0 Å². The van der Waals surface area contributed by atoms with E-state index in [2.05, 4.69) is 0 Å². The molecule has 0 aliphatic carbocycles. The molecule has 1 fully saturated rings. The number of aryl methyl sites for hydroxylation is 1. The molecule has 0 spiro atoms. The van der Waals surface area contributed by atoms with Crippen LogP contribution in [-0.2, 0) is 20.7 Å². The van der Waals surface area contributed by atoms with Gasteiger partial charge in [0.05, 0.1) is 0 Å². The van der Waals surface area contributed by atoms with E-state index in [1.807, 2.05) is 24.0 Å². The Morgan fingerprint density at radius 2 is 1.70 bits per heavy atom. The van der Waals surface area contributed by atoms with Gasteiger partial charge in [0, 0.05) is 32.7 Å². The fraction of sp³-hybridized carbons (Fsp3) is 0.556. The van der Waals surface area contributed by atoms with Gasteiger partial charge in [0.15, 0.2) is 6.61 Å². The summed E-state index contributed by atoms with van der Waals surface area (Å²) in [5, 5.41) is 0. The normalized spacial score (nSPS) is 15.5. The molecular weight excluding hydrogens is 365 g/mol. The Labute approximate surface area is 155 Å². The smallest absolute Gasteiger partial charge is 0.471 e. The molecule has 0 bridgehead atoms. The van der Waals surface area contributed by atoms with E-state index >= 15 is 0 Å². The van der Waals surface area contributed by atoms with Gasteiger partial charge in [0.1, 0.15) is 12.4 Å². The molecule has 1 heterocycles. The lowest BCUT2D eigenvalue weighted by molar-refractivity contribution is -0.187. The predicted molar refractivity (Wildman–Crippen MR) is 91.3 cm³/mol. The molecule has 150 valence electrons. The molecule has 0 saturated carbocycles. The van der Waals surface area contributed by atoms with Crippen LogP contribution in [0.25, 0.3) is 0 Å². The molecule has 0 N–H and O–H groups in total. The highest BCUT2D eigenvalue weighted by molar-refractivity contribution is 5.81. The van der Waals surface area contributed by atoms with Crippen LogP contribution in [-0.4, -0.2) is 73.8 Å². The fourth-order valence-corrected chi connectivity index (χ4v) is 2.65. The first-order valence-electron chi connectivity index (χ1n) is 8.75. The van der Waals surface area contributed by atoms with Crippen molar-refractivity contribution in [1.29, 1.82) is 0 Å². The zero-order valence-electron chi connectivity index (χ0n) is 15.1. The van der Waals surface area contributed by atoms with Gasteiger partial charge in [-0.2, -0.15) is 13.2 Å². The Bertz CT molecular complexity index is 626. The van der Waals surface area contributed by atoms with Crippen molar-refractivity contribution < 1.29 is 32.2 Å². The van der Waals surface area contributed by atoms with Gasteiger partial charge >= 0.3 is 18.1 Å². The zero-order valence-corrected chi connectivity index (χ0v) is 15.1. The van der Waals surface area contributed by atoms with Crippen molar-refractivity contribution in [2.24, 2.45) is 0 Å². The Kier molecular flexibility index (Phi) is 7.46. The maximum absolute atomic E-state index is 12.4. The lowest BCUT2D eigenvalue weighted by Gasteiger charge is -2.34. The third kappa shape index (κ3) is 6.74. The second kappa shape index (κ2) is 9.59. The van der Waals surface area contributed by atoms with Crippen molar-refractivity contribution in [3.63, 3.8) is 0 Å². The van der Waals surface area contributed by atoms with Crippen molar-refractivity contribution >= 4 is 11.9 Å². The summed E-state index contributed by atoms with van der Waals surface area (Å²) in [7, 11) is 0. The number of carbonyl (C=O) groups excluding carboxylic acids is 2. The molecule has 0 radical (unpaired) electrons. The molecule has 1 aromatic carbocycles. The minimum Gasteiger partial charge on any atom is -0.482 e. The molecule has 27 heavy (non-hydrogen) atoms. The van der Waals surface area contributed by atoms with Crippen LogP contribution < -0.4 is 4.74 Å². The van der Waals surface area contributed by atoms with E-state index in [0.29, 0.717) is 25.4 Å². The van der Waals surface area contributed by atoms with Crippen molar-refractivity contribution in [3.05, 3.63) is 29.8 Å². The first-order valence-corrected chi connectivity index (χ1v) is 8.75. The van der Waals surface area contributed by atoms with Crippen LogP contribution in [0.15, 0.2) is 24.3 Å². The number of ether oxygens (including phenoxy) is 2. The van der Waals surface area contributed by atoms with Crippen LogP contribution in [0.2, 0.25) is 0 Å². The summed E-state index contributed by atoms with van der Waals surface area (Å²) >= 11 is 0. The molecule has 1 saturated heterocycles. The fourth-order valence-electron chi connectivity index (χ4n) is 2.65. The number of carbonyl (C=O) groups is 2. The molecule has 0 aromatic heterocycles. The van der Waals surface area contributed by atoms with Crippen molar-refractivity contribution in [3.8, 4) is 5.75 Å². The molecule has 1 amide bonds. The molecular formula is C18H23F3N2O4. The first-order chi connectivity index (χ1) is 12.8. The Morgan fingerprint density at radius 1 is 1.07 bits per heavy atom. The van der Waals surface area contributed by atoms with Crippen LogP contribution in [0.5, 0.6) is 5.75 Å². The highest BCUT2D eigenvalue weighted by Crippen LogP contribution is 2.19. The maximum Gasteiger partial charge on any atom is 0.471 e. The number of benzene rings is 1. The van der Waals surface area contributed by atoms with E-state index < -0.39 is 18.1 Å².